The lowest BCUT2D eigenvalue weighted by atomic mass is 9.95. The largest absolute Gasteiger partial charge is 0.394 e. The Bertz CT molecular complexity index is 2010. The maximum atomic E-state index is 11.0. The number of benzene rings is 5. The van der Waals surface area contributed by atoms with E-state index >= 15 is 0 Å². The van der Waals surface area contributed by atoms with Crippen molar-refractivity contribution in [3.63, 3.8) is 0 Å². The smallest absolute Gasteiger partial charge is 0.187 e. The lowest BCUT2D eigenvalue weighted by Gasteiger charge is -2.51. The van der Waals surface area contributed by atoms with Gasteiger partial charge in [0, 0.05) is 5.56 Å². The van der Waals surface area contributed by atoms with E-state index in [1.165, 1.54) is 0 Å². The molecule has 0 radical (unpaired) electrons. The molecule has 0 amide bonds. The molecule has 0 saturated carbocycles. The van der Waals surface area contributed by atoms with Gasteiger partial charge in [-0.15, -0.1) is 6.58 Å². The summed E-state index contributed by atoms with van der Waals surface area (Å²) < 4.78 is 67.0. The van der Waals surface area contributed by atoms with Crippen LogP contribution in [0.2, 0.25) is 0 Å². The second-order valence-electron chi connectivity index (χ2n) is 15.2. The molecule has 3 aliphatic heterocycles. The van der Waals surface area contributed by atoms with Crippen LogP contribution in [0, 0.1) is 0 Å². The van der Waals surface area contributed by atoms with Crippen molar-refractivity contribution in [3.05, 3.63) is 192 Å². The van der Waals surface area contributed by atoms with E-state index in [1.54, 1.807) is 6.08 Å². The first kappa shape index (κ1) is 43.1. The van der Waals surface area contributed by atoms with Gasteiger partial charge in [-0.25, -0.2) is 0 Å². The summed E-state index contributed by atoms with van der Waals surface area (Å²) in [6.45, 7) is 4.85. The van der Waals surface area contributed by atoms with E-state index in [0.717, 1.165) is 27.8 Å². The Morgan fingerprint density at radius 1 is 0.508 bits per heavy atom. The average molecular weight is 831 g/mol. The van der Waals surface area contributed by atoms with Gasteiger partial charge in [-0.05, 0) is 22.3 Å². The molecule has 0 spiro atoms. The van der Waals surface area contributed by atoms with E-state index in [9.17, 15) is 5.11 Å². The molecule has 0 aromatic heterocycles. The van der Waals surface area contributed by atoms with Crippen molar-refractivity contribution in [1.82, 2.24) is 0 Å². The minimum Gasteiger partial charge on any atom is -0.394 e. The van der Waals surface area contributed by atoms with E-state index in [1.807, 2.05) is 152 Å². The molecule has 3 fully saturated rings. The van der Waals surface area contributed by atoms with Gasteiger partial charge >= 0.3 is 0 Å². The Labute approximate surface area is 357 Å². The highest BCUT2D eigenvalue weighted by molar-refractivity contribution is 5.19. The highest BCUT2D eigenvalue weighted by Crippen LogP contribution is 2.39. The highest BCUT2D eigenvalue weighted by Gasteiger charge is 2.56. The van der Waals surface area contributed by atoms with E-state index in [2.05, 4.69) is 6.58 Å². The summed E-state index contributed by atoms with van der Waals surface area (Å²) in [5.74, 6) is 0. The van der Waals surface area contributed by atoms with Crippen LogP contribution in [-0.4, -0.2) is 86.3 Å². The molecule has 11 heteroatoms. The number of hydrogen-bond donors (Lipinski definition) is 1. The normalized spacial score (nSPS) is 28.8. The molecule has 5 aromatic carbocycles. The summed E-state index contributed by atoms with van der Waals surface area (Å²) in [6.07, 6.45) is -7.33. The zero-order chi connectivity index (χ0) is 41.6. The predicted molar refractivity (Wildman–Crippen MR) is 226 cm³/mol. The van der Waals surface area contributed by atoms with Crippen molar-refractivity contribution < 1.29 is 52.5 Å². The molecule has 0 unspecified atom stereocenters. The number of ether oxygens (including phenoxy) is 10. The van der Waals surface area contributed by atoms with Gasteiger partial charge in [0.15, 0.2) is 18.9 Å². The standard InChI is InChI=1S/C50H54O11/c1-2-28-52-49-47(45(55-32-37-22-12-5-13-23-37)43-41(59-49)34-57-48(60-43)39-26-16-7-17-27-39)61-50-46(56-33-38-24-14-6-15-25-38)44(54-31-36-20-10-4-11-21-36)42(40(29-51)58-50)53-30-35-18-8-3-9-19-35/h2-27,40-51H,1,28-34H2/t40-,41-,42+,43+,44+,45+,46-,47-,48-,49+,50-/m1/s1. The maximum absolute atomic E-state index is 11.0. The van der Waals surface area contributed by atoms with Gasteiger partial charge in [0.25, 0.3) is 0 Å². The van der Waals surface area contributed by atoms with Gasteiger partial charge in [-0.3, -0.25) is 0 Å². The first-order valence-corrected chi connectivity index (χ1v) is 20.9. The Hall–Kier alpha value is -4.60. The van der Waals surface area contributed by atoms with Crippen molar-refractivity contribution in [1.29, 1.82) is 0 Å². The van der Waals surface area contributed by atoms with Crippen LogP contribution in [0.1, 0.15) is 34.1 Å². The number of rotatable bonds is 19. The van der Waals surface area contributed by atoms with Crippen molar-refractivity contribution >= 4 is 0 Å². The van der Waals surface area contributed by atoms with Gasteiger partial charge in [0.1, 0.15) is 48.8 Å². The topological polar surface area (TPSA) is 113 Å². The third-order valence-corrected chi connectivity index (χ3v) is 10.9. The number of fused-ring (bicyclic) bond motifs is 1. The van der Waals surface area contributed by atoms with Crippen molar-refractivity contribution in [3.8, 4) is 0 Å². The Morgan fingerprint density at radius 3 is 1.49 bits per heavy atom. The summed E-state index contributed by atoms with van der Waals surface area (Å²) in [5.41, 5.74) is 4.68. The summed E-state index contributed by atoms with van der Waals surface area (Å²) in [4.78, 5) is 0. The molecule has 0 aliphatic carbocycles. The SMILES string of the molecule is C=CCO[C@H]1O[C@@H]2CO[C@@H](c3ccccc3)O[C@@H]2[C@H](OCc2ccccc2)[C@H]1O[C@H]1O[C@H](CO)[C@H](OCc2ccccc2)[C@H](OCc2ccccc2)[C@H]1OCc1ccccc1. The summed E-state index contributed by atoms with van der Waals surface area (Å²) in [5, 5.41) is 11.0. The van der Waals surface area contributed by atoms with Gasteiger partial charge in [0.05, 0.1) is 46.2 Å². The van der Waals surface area contributed by atoms with E-state index in [0.29, 0.717) is 0 Å². The first-order chi connectivity index (χ1) is 30.2. The van der Waals surface area contributed by atoms with Crippen LogP contribution in [0.4, 0.5) is 0 Å². The van der Waals surface area contributed by atoms with Crippen molar-refractivity contribution in [2.24, 2.45) is 0 Å². The predicted octanol–water partition coefficient (Wildman–Crippen LogP) is 7.47. The molecular formula is C50H54O11. The van der Waals surface area contributed by atoms with Crippen LogP contribution in [0.3, 0.4) is 0 Å². The van der Waals surface area contributed by atoms with Gasteiger partial charge in [-0.2, -0.15) is 0 Å². The zero-order valence-electron chi connectivity index (χ0n) is 34.0. The molecule has 3 aliphatic rings. The fourth-order valence-corrected chi connectivity index (χ4v) is 7.88. The van der Waals surface area contributed by atoms with Crippen LogP contribution in [0.25, 0.3) is 0 Å². The molecule has 3 saturated heterocycles. The summed E-state index contributed by atoms with van der Waals surface area (Å²) in [7, 11) is 0. The summed E-state index contributed by atoms with van der Waals surface area (Å²) in [6, 6.07) is 49.3. The average Bonchev–Trinajstić information content (AvgIpc) is 3.32. The molecule has 320 valence electrons. The molecule has 8 rings (SSSR count). The van der Waals surface area contributed by atoms with Gasteiger partial charge < -0.3 is 52.5 Å². The highest BCUT2D eigenvalue weighted by atomic mass is 16.8. The monoisotopic (exact) mass is 830 g/mol. The van der Waals surface area contributed by atoms with Crippen LogP contribution >= 0.6 is 0 Å². The van der Waals surface area contributed by atoms with Crippen LogP contribution in [-0.2, 0) is 73.8 Å². The second-order valence-corrected chi connectivity index (χ2v) is 15.2. The van der Waals surface area contributed by atoms with Crippen LogP contribution < -0.4 is 0 Å². The fourth-order valence-electron chi connectivity index (χ4n) is 7.88. The Kier molecular flexibility index (Phi) is 15.5. The molecule has 0 bridgehead atoms. The molecule has 11 atom stereocenters. The van der Waals surface area contributed by atoms with Crippen LogP contribution in [0.5, 0.6) is 0 Å². The lowest BCUT2D eigenvalue weighted by Crippen LogP contribution is -2.67. The Morgan fingerprint density at radius 2 is 0.984 bits per heavy atom. The molecule has 3 heterocycles. The second kappa shape index (κ2) is 22.0. The molecule has 61 heavy (non-hydrogen) atoms. The van der Waals surface area contributed by atoms with E-state index in [-0.39, 0.29) is 46.2 Å². The quantitative estimate of drug-likeness (QED) is 0.0837. The molecule has 5 aromatic rings. The van der Waals surface area contributed by atoms with Gasteiger partial charge in [0.2, 0.25) is 0 Å². The number of aliphatic hydroxyl groups is 1. The number of aliphatic hydroxyl groups excluding tert-OH is 1. The van der Waals surface area contributed by atoms with E-state index in [4.69, 9.17) is 47.4 Å². The molecular weight excluding hydrogens is 777 g/mol. The molecule has 11 nitrogen and oxygen atoms in total. The minimum absolute atomic E-state index is 0.165. The zero-order valence-corrected chi connectivity index (χ0v) is 34.0. The van der Waals surface area contributed by atoms with Gasteiger partial charge in [-0.1, -0.05) is 158 Å². The number of hydrogen-bond acceptors (Lipinski definition) is 11. The third kappa shape index (κ3) is 11.3. The minimum atomic E-state index is -1.13. The van der Waals surface area contributed by atoms with E-state index < -0.39 is 67.7 Å². The third-order valence-electron chi connectivity index (χ3n) is 10.9. The fraction of sp³-hybridized carbons (Fsp3) is 0.360. The van der Waals surface area contributed by atoms with Crippen LogP contribution in [0.15, 0.2) is 164 Å². The maximum Gasteiger partial charge on any atom is 0.187 e. The van der Waals surface area contributed by atoms with Crippen molar-refractivity contribution in [2.75, 3.05) is 19.8 Å². The van der Waals surface area contributed by atoms with Crippen molar-refractivity contribution in [2.45, 2.75) is 94.1 Å². The summed E-state index contributed by atoms with van der Waals surface area (Å²) >= 11 is 0. The molecule has 1 N–H and O–H groups in total. The lowest BCUT2D eigenvalue weighted by molar-refractivity contribution is -0.401. The first-order valence-electron chi connectivity index (χ1n) is 20.9. The Balaban J connectivity index is 1.15.